The monoisotopic (exact) mass is 348 g/mol. The molecule has 0 bridgehead atoms. The number of benzene rings is 2. The molecular formula is C21H20N2O3. The number of hydrogen-bond acceptors (Lipinski definition) is 3. The van der Waals surface area contributed by atoms with Crippen molar-refractivity contribution in [1.29, 1.82) is 0 Å². The highest BCUT2D eigenvalue weighted by molar-refractivity contribution is 5.95. The minimum absolute atomic E-state index is 0.218. The molecule has 132 valence electrons. The molecule has 0 aliphatic heterocycles. The van der Waals surface area contributed by atoms with Gasteiger partial charge in [-0.25, -0.2) is 0 Å². The molecule has 0 spiro atoms. The fourth-order valence-electron chi connectivity index (χ4n) is 2.70. The fourth-order valence-corrected chi connectivity index (χ4v) is 2.70. The molecule has 0 fully saturated rings. The molecule has 1 heterocycles. The molecule has 1 aromatic heterocycles. The number of nitrogens with one attached hydrogen (secondary N) is 2. The van der Waals surface area contributed by atoms with Crippen LogP contribution >= 0.6 is 0 Å². The summed E-state index contributed by atoms with van der Waals surface area (Å²) in [7, 11) is 1.63. The smallest absolute Gasteiger partial charge is 0.255 e. The van der Waals surface area contributed by atoms with E-state index in [2.05, 4.69) is 10.3 Å². The Hall–Kier alpha value is -3.34. The van der Waals surface area contributed by atoms with E-state index in [0.29, 0.717) is 24.1 Å². The van der Waals surface area contributed by atoms with E-state index < -0.39 is 0 Å². The first-order valence-electron chi connectivity index (χ1n) is 8.36. The first kappa shape index (κ1) is 17.5. The van der Waals surface area contributed by atoms with Crippen LogP contribution in [0.15, 0.2) is 71.7 Å². The summed E-state index contributed by atoms with van der Waals surface area (Å²) in [6.45, 7) is 0.492. The third-order valence-electron chi connectivity index (χ3n) is 4.08. The van der Waals surface area contributed by atoms with Gasteiger partial charge in [-0.15, -0.1) is 0 Å². The highest BCUT2D eigenvalue weighted by Crippen LogP contribution is 2.15. The Balaban J connectivity index is 1.67. The minimum Gasteiger partial charge on any atom is -0.497 e. The summed E-state index contributed by atoms with van der Waals surface area (Å²) < 4.78 is 5.20. The van der Waals surface area contributed by atoms with Gasteiger partial charge < -0.3 is 15.0 Å². The zero-order valence-electron chi connectivity index (χ0n) is 14.5. The van der Waals surface area contributed by atoms with Crippen molar-refractivity contribution in [2.45, 2.75) is 6.42 Å². The molecule has 5 heteroatoms. The van der Waals surface area contributed by atoms with Crippen LogP contribution in [0.25, 0.3) is 11.1 Å². The van der Waals surface area contributed by atoms with Gasteiger partial charge in [-0.2, -0.15) is 0 Å². The molecule has 0 aliphatic rings. The SMILES string of the molecule is COc1cccc(CCNC(=O)c2c[nH]c(=O)c(-c3ccccc3)c2)c1. The summed E-state index contributed by atoms with van der Waals surface area (Å²) in [5.74, 6) is 0.572. The third-order valence-corrected chi connectivity index (χ3v) is 4.08. The number of amides is 1. The van der Waals surface area contributed by atoms with Crippen molar-refractivity contribution >= 4 is 5.91 Å². The quantitative estimate of drug-likeness (QED) is 0.719. The molecule has 1 amide bonds. The second-order valence-electron chi connectivity index (χ2n) is 5.85. The van der Waals surface area contributed by atoms with Gasteiger partial charge in [0.1, 0.15) is 5.75 Å². The summed E-state index contributed by atoms with van der Waals surface area (Å²) in [6.07, 6.45) is 2.13. The lowest BCUT2D eigenvalue weighted by atomic mass is 10.1. The van der Waals surface area contributed by atoms with E-state index in [1.807, 2.05) is 54.6 Å². The van der Waals surface area contributed by atoms with Gasteiger partial charge in [-0.05, 0) is 35.7 Å². The van der Waals surface area contributed by atoms with Gasteiger partial charge >= 0.3 is 0 Å². The van der Waals surface area contributed by atoms with Gasteiger partial charge in [-0.1, -0.05) is 42.5 Å². The van der Waals surface area contributed by atoms with E-state index in [1.165, 1.54) is 6.20 Å². The number of ether oxygens (including phenoxy) is 1. The maximum atomic E-state index is 12.4. The van der Waals surface area contributed by atoms with Crippen molar-refractivity contribution in [1.82, 2.24) is 10.3 Å². The minimum atomic E-state index is -0.221. The Morgan fingerprint density at radius 1 is 1.08 bits per heavy atom. The van der Waals surface area contributed by atoms with E-state index in [4.69, 9.17) is 4.74 Å². The normalized spacial score (nSPS) is 10.3. The Kier molecular flexibility index (Phi) is 5.49. The van der Waals surface area contributed by atoms with Gasteiger partial charge in [0.15, 0.2) is 0 Å². The number of carbonyl (C=O) groups excluding carboxylic acids is 1. The second-order valence-corrected chi connectivity index (χ2v) is 5.85. The van der Waals surface area contributed by atoms with E-state index in [-0.39, 0.29) is 11.5 Å². The maximum absolute atomic E-state index is 12.4. The van der Waals surface area contributed by atoms with Crippen LogP contribution in [0.1, 0.15) is 15.9 Å². The molecule has 0 saturated heterocycles. The number of hydrogen-bond donors (Lipinski definition) is 2. The van der Waals surface area contributed by atoms with Crippen LogP contribution in [-0.2, 0) is 6.42 Å². The second kappa shape index (κ2) is 8.16. The van der Waals surface area contributed by atoms with Crippen molar-refractivity contribution < 1.29 is 9.53 Å². The molecule has 0 saturated carbocycles. The lowest BCUT2D eigenvalue weighted by Crippen LogP contribution is -2.26. The lowest BCUT2D eigenvalue weighted by Gasteiger charge is -2.08. The van der Waals surface area contributed by atoms with Crippen LogP contribution in [0.2, 0.25) is 0 Å². The van der Waals surface area contributed by atoms with Crippen LogP contribution in [0, 0.1) is 0 Å². The molecule has 0 aliphatic carbocycles. The van der Waals surface area contributed by atoms with Crippen molar-refractivity contribution in [2.75, 3.05) is 13.7 Å². The fraction of sp³-hybridized carbons (Fsp3) is 0.143. The Labute approximate surface area is 151 Å². The average Bonchev–Trinajstić information content (AvgIpc) is 2.69. The third kappa shape index (κ3) is 4.19. The van der Waals surface area contributed by atoms with Gasteiger partial charge in [0, 0.05) is 18.3 Å². The summed E-state index contributed by atoms with van der Waals surface area (Å²) in [5.41, 5.74) is 2.54. The Bertz CT molecular complexity index is 949. The molecule has 0 atom stereocenters. The number of H-pyrrole nitrogens is 1. The van der Waals surface area contributed by atoms with E-state index in [0.717, 1.165) is 16.9 Å². The zero-order chi connectivity index (χ0) is 18.4. The summed E-state index contributed by atoms with van der Waals surface area (Å²) >= 11 is 0. The average molecular weight is 348 g/mol. The molecular weight excluding hydrogens is 328 g/mol. The van der Waals surface area contributed by atoms with E-state index >= 15 is 0 Å². The highest BCUT2D eigenvalue weighted by Gasteiger charge is 2.10. The van der Waals surface area contributed by atoms with Crippen LogP contribution in [0.3, 0.4) is 0 Å². The molecule has 0 unspecified atom stereocenters. The lowest BCUT2D eigenvalue weighted by molar-refractivity contribution is 0.0954. The van der Waals surface area contributed by atoms with Crippen LogP contribution < -0.4 is 15.6 Å². The zero-order valence-corrected chi connectivity index (χ0v) is 14.5. The van der Waals surface area contributed by atoms with Crippen molar-refractivity contribution in [3.8, 4) is 16.9 Å². The molecule has 2 N–H and O–H groups in total. The molecule has 26 heavy (non-hydrogen) atoms. The first-order valence-corrected chi connectivity index (χ1v) is 8.36. The largest absolute Gasteiger partial charge is 0.497 e. The number of aromatic amines is 1. The number of methoxy groups -OCH3 is 1. The first-order chi connectivity index (χ1) is 12.7. The maximum Gasteiger partial charge on any atom is 0.255 e. The Morgan fingerprint density at radius 3 is 2.65 bits per heavy atom. The van der Waals surface area contributed by atoms with Gasteiger partial charge in [0.05, 0.1) is 12.7 Å². The molecule has 3 rings (SSSR count). The number of rotatable bonds is 6. The molecule has 5 nitrogen and oxygen atoms in total. The van der Waals surface area contributed by atoms with Crippen molar-refractivity contribution in [3.05, 3.63) is 88.3 Å². The molecule has 0 radical (unpaired) electrons. The standard InChI is InChI=1S/C21H20N2O3/c1-26-18-9-5-6-15(12-18)10-11-22-20(24)17-13-19(21(25)23-14-17)16-7-3-2-4-8-16/h2-9,12-14H,10-11H2,1H3,(H,22,24)(H,23,25). The van der Waals surface area contributed by atoms with Gasteiger partial charge in [0.25, 0.3) is 11.5 Å². The topological polar surface area (TPSA) is 71.2 Å². The Morgan fingerprint density at radius 2 is 1.88 bits per heavy atom. The van der Waals surface area contributed by atoms with Gasteiger partial charge in [-0.3, -0.25) is 9.59 Å². The van der Waals surface area contributed by atoms with Crippen LogP contribution in [0.4, 0.5) is 0 Å². The summed E-state index contributed by atoms with van der Waals surface area (Å²) in [5, 5.41) is 2.88. The van der Waals surface area contributed by atoms with Crippen LogP contribution in [-0.4, -0.2) is 24.5 Å². The molecule has 3 aromatic rings. The summed E-state index contributed by atoms with van der Waals surface area (Å²) in [6, 6.07) is 18.6. The van der Waals surface area contributed by atoms with Crippen molar-refractivity contribution in [2.24, 2.45) is 0 Å². The van der Waals surface area contributed by atoms with Crippen molar-refractivity contribution in [3.63, 3.8) is 0 Å². The summed E-state index contributed by atoms with van der Waals surface area (Å²) in [4.78, 5) is 27.1. The number of aromatic nitrogens is 1. The predicted molar refractivity (Wildman–Crippen MR) is 102 cm³/mol. The predicted octanol–water partition coefficient (Wildman–Crippen LogP) is 3.02. The number of carbonyl (C=O) groups is 1. The van der Waals surface area contributed by atoms with Gasteiger partial charge in [0.2, 0.25) is 0 Å². The molecule has 2 aromatic carbocycles. The highest BCUT2D eigenvalue weighted by atomic mass is 16.5. The van der Waals surface area contributed by atoms with E-state index in [9.17, 15) is 9.59 Å². The van der Waals surface area contributed by atoms with E-state index in [1.54, 1.807) is 13.2 Å². The van der Waals surface area contributed by atoms with Crippen LogP contribution in [0.5, 0.6) is 5.75 Å². The number of pyridine rings is 1.